The van der Waals surface area contributed by atoms with Gasteiger partial charge in [-0.05, 0) is 19.3 Å². The van der Waals surface area contributed by atoms with Crippen LogP contribution < -0.4 is 0 Å². The summed E-state index contributed by atoms with van der Waals surface area (Å²) in [5, 5.41) is 8.54. The molecule has 0 unspecified atom stereocenters. The van der Waals surface area contributed by atoms with Gasteiger partial charge in [0.05, 0.1) is 12.2 Å². The Kier molecular flexibility index (Phi) is 10.6. The van der Waals surface area contributed by atoms with Crippen LogP contribution in [0.15, 0.2) is 0 Å². The Labute approximate surface area is 130 Å². The summed E-state index contributed by atoms with van der Waals surface area (Å²) in [4.78, 5) is 10.4. The van der Waals surface area contributed by atoms with Gasteiger partial charge in [0.2, 0.25) is 0 Å². The van der Waals surface area contributed by atoms with E-state index >= 15 is 0 Å². The molecule has 124 valence electrons. The Hall–Kier alpha value is -0.570. The molecule has 0 aromatic carbocycles. The van der Waals surface area contributed by atoms with Crippen molar-refractivity contribution in [2.24, 2.45) is 0 Å². The van der Waals surface area contributed by atoms with E-state index in [2.05, 4.69) is 6.92 Å². The highest BCUT2D eigenvalue weighted by Gasteiger charge is 2.36. The van der Waals surface area contributed by atoms with Crippen LogP contribution in [-0.2, 0) is 9.53 Å². The van der Waals surface area contributed by atoms with Gasteiger partial charge >= 0.3 is 5.97 Å². The third-order valence-corrected chi connectivity index (χ3v) is 4.41. The van der Waals surface area contributed by atoms with Crippen molar-refractivity contribution in [3.05, 3.63) is 0 Å². The first-order chi connectivity index (χ1) is 10.2. The molecule has 1 fully saturated rings. The van der Waals surface area contributed by atoms with E-state index in [1.165, 1.54) is 70.6 Å². The van der Waals surface area contributed by atoms with Crippen molar-refractivity contribution in [1.29, 1.82) is 0 Å². The first kappa shape index (κ1) is 18.5. The lowest BCUT2D eigenvalue weighted by Gasteiger charge is -2.00. The molecular weight excluding hydrogens is 264 g/mol. The number of aliphatic carboxylic acids is 1. The third-order valence-electron chi connectivity index (χ3n) is 4.41. The van der Waals surface area contributed by atoms with Gasteiger partial charge in [0.25, 0.3) is 0 Å². The monoisotopic (exact) mass is 298 g/mol. The molecule has 1 heterocycles. The topological polar surface area (TPSA) is 49.8 Å². The van der Waals surface area contributed by atoms with Crippen LogP contribution in [0.25, 0.3) is 0 Å². The quantitative estimate of drug-likeness (QED) is 0.329. The summed E-state index contributed by atoms with van der Waals surface area (Å²) >= 11 is 0. The van der Waals surface area contributed by atoms with Gasteiger partial charge in [0.15, 0.2) is 0 Å². The van der Waals surface area contributed by atoms with Crippen LogP contribution >= 0.6 is 0 Å². The van der Waals surface area contributed by atoms with E-state index < -0.39 is 5.97 Å². The van der Waals surface area contributed by atoms with Gasteiger partial charge in [-0.1, -0.05) is 71.1 Å². The number of ether oxygens (including phenoxy) is 1. The summed E-state index contributed by atoms with van der Waals surface area (Å²) in [6, 6.07) is 0. The Bertz CT molecular complexity index is 265. The van der Waals surface area contributed by atoms with Gasteiger partial charge < -0.3 is 9.84 Å². The number of epoxide rings is 1. The SMILES string of the molecule is CCCCCCCC[C@H]1O[C@@H]1CCCCCCCC(=O)O. The van der Waals surface area contributed by atoms with Gasteiger partial charge in [-0.15, -0.1) is 0 Å². The maximum atomic E-state index is 10.4. The molecule has 1 N–H and O–H groups in total. The van der Waals surface area contributed by atoms with Crippen molar-refractivity contribution in [2.75, 3.05) is 0 Å². The Morgan fingerprint density at radius 2 is 1.29 bits per heavy atom. The summed E-state index contributed by atoms with van der Waals surface area (Å²) in [5.74, 6) is -0.668. The van der Waals surface area contributed by atoms with Crippen LogP contribution in [0.3, 0.4) is 0 Å². The molecule has 21 heavy (non-hydrogen) atoms. The fourth-order valence-electron chi connectivity index (χ4n) is 2.96. The molecule has 0 radical (unpaired) electrons. The van der Waals surface area contributed by atoms with Crippen LogP contribution in [-0.4, -0.2) is 23.3 Å². The number of carboxylic acid groups (broad SMARTS) is 1. The van der Waals surface area contributed by atoms with Crippen molar-refractivity contribution in [3.8, 4) is 0 Å². The number of unbranched alkanes of at least 4 members (excludes halogenated alkanes) is 9. The predicted molar refractivity (Wildman–Crippen MR) is 86.6 cm³/mol. The normalized spacial score (nSPS) is 20.6. The Morgan fingerprint density at radius 3 is 1.81 bits per heavy atom. The lowest BCUT2D eigenvalue weighted by Crippen LogP contribution is -1.95. The minimum atomic E-state index is -0.668. The molecule has 0 saturated carbocycles. The molecule has 1 rings (SSSR count). The average Bonchev–Trinajstić information content (AvgIpc) is 3.20. The highest BCUT2D eigenvalue weighted by atomic mass is 16.6. The lowest BCUT2D eigenvalue weighted by atomic mass is 10.0. The fourth-order valence-corrected chi connectivity index (χ4v) is 2.96. The molecule has 2 atom stereocenters. The summed E-state index contributed by atoms with van der Waals surface area (Å²) < 4.78 is 5.73. The second-order valence-corrected chi connectivity index (χ2v) is 6.47. The molecule has 1 aliphatic rings. The van der Waals surface area contributed by atoms with E-state index in [9.17, 15) is 4.79 Å². The average molecular weight is 298 g/mol. The van der Waals surface area contributed by atoms with E-state index in [1.807, 2.05) is 0 Å². The lowest BCUT2D eigenvalue weighted by molar-refractivity contribution is -0.137. The minimum Gasteiger partial charge on any atom is -0.481 e. The van der Waals surface area contributed by atoms with Gasteiger partial charge in [0.1, 0.15) is 0 Å². The molecule has 3 heteroatoms. The highest BCUT2D eigenvalue weighted by Crippen LogP contribution is 2.31. The van der Waals surface area contributed by atoms with E-state index in [1.54, 1.807) is 0 Å². The van der Waals surface area contributed by atoms with Crippen molar-refractivity contribution in [1.82, 2.24) is 0 Å². The first-order valence-electron chi connectivity index (χ1n) is 9.11. The van der Waals surface area contributed by atoms with Gasteiger partial charge in [-0.3, -0.25) is 4.79 Å². The molecule has 0 aromatic rings. The van der Waals surface area contributed by atoms with Crippen LogP contribution in [0.4, 0.5) is 0 Å². The maximum Gasteiger partial charge on any atom is 0.303 e. The molecular formula is C18H34O3. The number of rotatable bonds is 15. The van der Waals surface area contributed by atoms with Crippen molar-refractivity contribution >= 4 is 5.97 Å². The van der Waals surface area contributed by atoms with Crippen LogP contribution in [0.2, 0.25) is 0 Å². The van der Waals surface area contributed by atoms with Crippen molar-refractivity contribution in [2.45, 2.75) is 109 Å². The van der Waals surface area contributed by atoms with Gasteiger partial charge in [-0.25, -0.2) is 0 Å². The molecule has 0 amide bonds. The summed E-state index contributed by atoms with van der Waals surface area (Å²) in [6.45, 7) is 2.26. The fraction of sp³-hybridized carbons (Fsp3) is 0.944. The predicted octanol–water partition coefficient (Wildman–Crippen LogP) is 5.32. The van der Waals surface area contributed by atoms with E-state index in [0.29, 0.717) is 18.6 Å². The van der Waals surface area contributed by atoms with Crippen molar-refractivity contribution < 1.29 is 14.6 Å². The zero-order valence-electron chi connectivity index (χ0n) is 13.8. The molecule has 0 aromatic heterocycles. The smallest absolute Gasteiger partial charge is 0.303 e. The number of carboxylic acids is 1. The van der Waals surface area contributed by atoms with E-state index in [4.69, 9.17) is 9.84 Å². The molecule has 1 saturated heterocycles. The van der Waals surface area contributed by atoms with Gasteiger partial charge in [-0.2, -0.15) is 0 Å². The number of carbonyl (C=O) groups is 1. The summed E-state index contributed by atoms with van der Waals surface area (Å²) in [5.41, 5.74) is 0. The first-order valence-corrected chi connectivity index (χ1v) is 9.11. The Balaban J connectivity index is 1.77. The van der Waals surface area contributed by atoms with Crippen LogP contribution in [0, 0.1) is 0 Å². The Morgan fingerprint density at radius 1 is 0.810 bits per heavy atom. The van der Waals surface area contributed by atoms with Gasteiger partial charge in [0, 0.05) is 6.42 Å². The zero-order valence-corrected chi connectivity index (χ0v) is 13.8. The van der Waals surface area contributed by atoms with Crippen LogP contribution in [0.5, 0.6) is 0 Å². The second-order valence-electron chi connectivity index (χ2n) is 6.47. The van der Waals surface area contributed by atoms with E-state index in [0.717, 1.165) is 12.8 Å². The third kappa shape index (κ3) is 10.8. The molecule has 0 spiro atoms. The number of hydrogen-bond acceptors (Lipinski definition) is 2. The number of hydrogen-bond donors (Lipinski definition) is 1. The molecule has 0 bridgehead atoms. The standard InChI is InChI=1S/C18H34O3/c1-2-3-4-5-7-10-13-16-17(21-16)14-11-8-6-9-12-15-18(19)20/h16-17H,2-15H2,1H3,(H,19,20)/t16-,17-/m1/s1. The van der Waals surface area contributed by atoms with Crippen molar-refractivity contribution in [3.63, 3.8) is 0 Å². The highest BCUT2D eigenvalue weighted by molar-refractivity contribution is 5.66. The molecule has 0 aliphatic carbocycles. The summed E-state index contributed by atoms with van der Waals surface area (Å²) in [6.07, 6.45) is 17.6. The summed E-state index contributed by atoms with van der Waals surface area (Å²) in [7, 11) is 0. The van der Waals surface area contributed by atoms with E-state index in [-0.39, 0.29) is 0 Å². The second kappa shape index (κ2) is 12.0. The largest absolute Gasteiger partial charge is 0.481 e. The molecule has 1 aliphatic heterocycles. The minimum absolute atomic E-state index is 0.325. The van der Waals surface area contributed by atoms with Crippen LogP contribution in [0.1, 0.15) is 96.8 Å². The molecule has 3 nitrogen and oxygen atoms in total. The zero-order chi connectivity index (χ0) is 15.3. The maximum absolute atomic E-state index is 10.4.